The average molecular weight is 324 g/mol. The Hall–Kier alpha value is -1.91. The summed E-state index contributed by atoms with van der Waals surface area (Å²) in [6, 6.07) is 12.8. The van der Waals surface area contributed by atoms with Crippen molar-refractivity contribution in [3.63, 3.8) is 0 Å². The van der Waals surface area contributed by atoms with Crippen LogP contribution in [0, 0.1) is 0 Å². The lowest BCUT2D eigenvalue weighted by Crippen LogP contribution is -2.17. The van der Waals surface area contributed by atoms with E-state index in [9.17, 15) is 0 Å². The van der Waals surface area contributed by atoms with E-state index in [0.29, 0.717) is 22.2 Å². The normalized spacial score (nSPS) is 11.5. The Kier molecular flexibility index (Phi) is 4.94. The van der Waals surface area contributed by atoms with E-state index in [4.69, 9.17) is 34.1 Å². The van der Waals surface area contributed by atoms with Crippen LogP contribution < -0.4 is 10.6 Å². The van der Waals surface area contributed by atoms with Gasteiger partial charge in [0, 0.05) is 34.9 Å². The molecule has 21 heavy (non-hydrogen) atoms. The highest BCUT2D eigenvalue weighted by Crippen LogP contribution is 2.24. The van der Waals surface area contributed by atoms with E-state index in [2.05, 4.69) is 5.16 Å². The SMILES string of the molecule is CN(Cc1ccc(Cl)cc1Cl)c1ccc(C(N)=NO)cc1. The van der Waals surface area contributed by atoms with E-state index in [1.54, 1.807) is 18.2 Å². The topological polar surface area (TPSA) is 61.8 Å². The molecular weight excluding hydrogens is 309 g/mol. The highest BCUT2D eigenvalue weighted by molar-refractivity contribution is 6.35. The number of hydrogen-bond acceptors (Lipinski definition) is 3. The van der Waals surface area contributed by atoms with Crippen LogP contribution in [0.4, 0.5) is 5.69 Å². The first-order valence-electron chi connectivity index (χ1n) is 6.24. The van der Waals surface area contributed by atoms with E-state index in [-0.39, 0.29) is 5.84 Å². The van der Waals surface area contributed by atoms with Crippen molar-refractivity contribution < 1.29 is 5.21 Å². The zero-order valence-electron chi connectivity index (χ0n) is 11.4. The molecule has 0 saturated carbocycles. The second-order valence-corrected chi connectivity index (χ2v) is 5.47. The van der Waals surface area contributed by atoms with Crippen molar-refractivity contribution in [2.45, 2.75) is 6.54 Å². The molecule has 6 heteroatoms. The van der Waals surface area contributed by atoms with Crippen molar-refractivity contribution in [3.05, 3.63) is 63.6 Å². The summed E-state index contributed by atoms with van der Waals surface area (Å²) >= 11 is 12.1. The molecule has 0 amide bonds. The Morgan fingerprint density at radius 3 is 2.43 bits per heavy atom. The lowest BCUT2D eigenvalue weighted by Gasteiger charge is -2.20. The average Bonchev–Trinajstić information content (AvgIpc) is 2.49. The molecule has 0 fully saturated rings. The number of nitrogens with zero attached hydrogens (tertiary/aromatic N) is 2. The standard InChI is InChI=1S/C15H15Cl2N3O/c1-20(9-11-2-5-12(16)8-14(11)17)13-6-3-10(4-7-13)15(18)19-21/h2-8,21H,9H2,1H3,(H2,18,19). The highest BCUT2D eigenvalue weighted by Gasteiger charge is 2.07. The number of benzene rings is 2. The minimum Gasteiger partial charge on any atom is -0.409 e. The molecule has 0 aliphatic carbocycles. The molecule has 4 nitrogen and oxygen atoms in total. The van der Waals surface area contributed by atoms with Gasteiger partial charge in [-0.3, -0.25) is 0 Å². The van der Waals surface area contributed by atoms with Crippen LogP contribution in [-0.2, 0) is 6.54 Å². The number of halogens is 2. The summed E-state index contributed by atoms with van der Waals surface area (Å²) in [7, 11) is 1.96. The van der Waals surface area contributed by atoms with Gasteiger partial charge < -0.3 is 15.8 Å². The van der Waals surface area contributed by atoms with Crippen molar-refractivity contribution in [2.75, 3.05) is 11.9 Å². The minimum absolute atomic E-state index is 0.0879. The maximum atomic E-state index is 8.64. The third-order valence-corrected chi connectivity index (χ3v) is 3.72. The Labute approximate surface area is 133 Å². The van der Waals surface area contributed by atoms with Gasteiger partial charge in [-0.05, 0) is 42.0 Å². The monoisotopic (exact) mass is 323 g/mol. The van der Waals surface area contributed by atoms with Crippen LogP contribution in [-0.4, -0.2) is 18.1 Å². The molecule has 3 N–H and O–H groups in total. The molecule has 0 atom stereocenters. The summed E-state index contributed by atoms with van der Waals surface area (Å²) in [5, 5.41) is 12.9. The molecule has 0 bridgehead atoms. The van der Waals surface area contributed by atoms with Crippen LogP contribution >= 0.6 is 23.2 Å². The molecule has 0 aromatic heterocycles. The fraction of sp³-hybridized carbons (Fsp3) is 0.133. The fourth-order valence-electron chi connectivity index (χ4n) is 1.94. The van der Waals surface area contributed by atoms with Gasteiger partial charge in [0.05, 0.1) is 0 Å². The number of oxime groups is 1. The van der Waals surface area contributed by atoms with Gasteiger partial charge in [0.25, 0.3) is 0 Å². The number of nitrogens with two attached hydrogens (primary N) is 1. The maximum Gasteiger partial charge on any atom is 0.170 e. The van der Waals surface area contributed by atoms with E-state index in [0.717, 1.165) is 11.3 Å². The quantitative estimate of drug-likeness (QED) is 0.390. The first-order valence-corrected chi connectivity index (χ1v) is 7.00. The van der Waals surface area contributed by atoms with Gasteiger partial charge >= 0.3 is 0 Å². The van der Waals surface area contributed by atoms with Gasteiger partial charge in [-0.1, -0.05) is 34.4 Å². The van der Waals surface area contributed by atoms with Crippen LogP contribution in [0.2, 0.25) is 10.0 Å². The molecule has 2 aromatic carbocycles. The summed E-state index contributed by atoms with van der Waals surface area (Å²) in [6.45, 7) is 0.652. The second-order valence-electron chi connectivity index (χ2n) is 4.62. The molecule has 0 saturated heterocycles. The van der Waals surface area contributed by atoms with Gasteiger partial charge in [0.15, 0.2) is 5.84 Å². The summed E-state index contributed by atoms with van der Waals surface area (Å²) < 4.78 is 0. The Bertz CT molecular complexity index is 656. The summed E-state index contributed by atoms with van der Waals surface area (Å²) in [4.78, 5) is 2.05. The van der Waals surface area contributed by atoms with E-state index >= 15 is 0 Å². The lowest BCUT2D eigenvalue weighted by molar-refractivity contribution is 0.318. The number of hydrogen-bond donors (Lipinski definition) is 2. The van der Waals surface area contributed by atoms with E-state index in [1.165, 1.54) is 0 Å². The van der Waals surface area contributed by atoms with Crippen LogP contribution in [0.3, 0.4) is 0 Å². The second kappa shape index (κ2) is 6.70. The zero-order valence-corrected chi connectivity index (χ0v) is 12.9. The van der Waals surface area contributed by atoms with Gasteiger partial charge in [-0.15, -0.1) is 0 Å². The lowest BCUT2D eigenvalue weighted by atomic mass is 10.1. The minimum atomic E-state index is 0.0879. The molecule has 0 radical (unpaired) electrons. The zero-order chi connectivity index (χ0) is 15.4. The molecule has 2 aromatic rings. The third kappa shape index (κ3) is 3.80. The van der Waals surface area contributed by atoms with Gasteiger partial charge in [-0.2, -0.15) is 0 Å². The first-order chi connectivity index (χ1) is 10.0. The smallest absolute Gasteiger partial charge is 0.170 e. The van der Waals surface area contributed by atoms with Crippen LogP contribution in [0.25, 0.3) is 0 Å². The Morgan fingerprint density at radius 2 is 1.86 bits per heavy atom. The Morgan fingerprint density at radius 1 is 1.19 bits per heavy atom. The molecule has 0 heterocycles. The summed E-state index contributed by atoms with van der Waals surface area (Å²) in [5.74, 6) is 0.0879. The van der Waals surface area contributed by atoms with Crippen molar-refractivity contribution in [2.24, 2.45) is 10.9 Å². The first kappa shape index (κ1) is 15.5. The van der Waals surface area contributed by atoms with Crippen molar-refractivity contribution in [1.82, 2.24) is 0 Å². The third-order valence-electron chi connectivity index (χ3n) is 3.13. The molecular formula is C15H15Cl2N3O. The van der Waals surface area contributed by atoms with E-state index in [1.807, 2.05) is 36.2 Å². The van der Waals surface area contributed by atoms with Gasteiger partial charge in [0.1, 0.15) is 0 Å². The largest absolute Gasteiger partial charge is 0.409 e. The van der Waals surface area contributed by atoms with Crippen LogP contribution in [0.5, 0.6) is 0 Å². The van der Waals surface area contributed by atoms with Crippen LogP contribution in [0.1, 0.15) is 11.1 Å². The summed E-state index contributed by atoms with van der Waals surface area (Å²) in [5.41, 5.74) is 8.19. The van der Waals surface area contributed by atoms with Crippen molar-refractivity contribution in [3.8, 4) is 0 Å². The van der Waals surface area contributed by atoms with Crippen molar-refractivity contribution in [1.29, 1.82) is 0 Å². The fourth-order valence-corrected chi connectivity index (χ4v) is 2.41. The number of amidine groups is 1. The van der Waals surface area contributed by atoms with E-state index < -0.39 is 0 Å². The van der Waals surface area contributed by atoms with Crippen LogP contribution in [0.15, 0.2) is 47.6 Å². The highest BCUT2D eigenvalue weighted by atomic mass is 35.5. The molecule has 0 unspecified atom stereocenters. The molecule has 0 aliphatic heterocycles. The van der Waals surface area contributed by atoms with Crippen molar-refractivity contribution >= 4 is 34.7 Å². The molecule has 110 valence electrons. The Balaban J connectivity index is 2.14. The molecule has 0 spiro atoms. The van der Waals surface area contributed by atoms with Gasteiger partial charge in [-0.25, -0.2) is 0 Å². The summed E-state index contributed by atoms with van der Waals surface area (Å²) in [6.07, 6.45) is 0. The predicted molar refractivity (Wildman–Crippen MR) is 87.5 cm³/mol. The maximum absolute atomic E-state index is 8.64. The molecule has 0 aliphatic rings. The molecule has 2 rings (SSSR count). The number of rotatable bonds is 4. The predicted octanol–water partition coefficient (Wildman–Crippen LogP) is 3.72. The number of anilines is 1. The van der Waals surface area contributed by atoms with Gasteiger partial charge in [0.2, 0.25) is 0 Å².